The number of carbonyl (C=O) groups excluding carboxylic acids is 1. The van der Waals surface area contributed by atoms with Crippen molar-refractivity contribution in [2.75, 3.05) is 13.6 Å². The van der Waals surface area contributed by atoms with E-state index >= 15 is 0 Å². The number of nitrogens with two attached hydrogens (primary N) is 1. The second kappa shape index (κ2) is 11.5. The van der Waals surface area contributed by atoms with Crippen molar-refractivity contribution >= 4 is 11.9 Å². The van der Waals surface area contributed by atoms with E-state index in [0.29, 0.717) is 17.9 Å². The van der Waals surface area contributed by atoms with Gasteiger partial charge in [0.2, 0.25) is 0 Å². The molecule has 30 heavy (non-hydrogen) atoms. The zero-order chi connectivity index (χ0) is 21.4. The molecular weight excluding hydrogens is 372 g/mol. The Labute approximate surface area is 184 Å². The molecule has 3 aliphatic rings. The summed E-state index contributed by atoms with van der Waals surface area (Å²) in [5.74, 6) is 1.90. The first kappa shape index (κ1) is 23.6. The molecule has 0 bridgehead atoms. The highest BCUT2D eigenvalue weighted by Gasteiger charge is 2.47. The van der Waals surface area contributed by atoms with E-state index in [9.17, 15) is 4.79 Å². The molecular formula is C25H46N4O. The summed E-state index contributed by atoms with van der Waals surface area (Å²) in [6.07, 6.45) is 19.8. The van der Waals surface area contributed by atoms with Crippen molar-refractivity contribution in [3.8, 4) is 0 Å². The van der Waals surface area contributed by atoms with Gasteiger partial charge in [0.15, 0.2) is 5.96 Å². The van der Waals surface area contributed by atoms with Crippen LogP contribution in [0.3, 0.4) is 0 Å². The summed E-state index contributed by atoms with van der Waals surface area (Å²) in [5.41, 5.74) is 5.55. The van der Waals surface area contributed by atoms with Gasteiger partial charge in [-0.25, -0.2) is 4.99 Å². The fourth-order valence-electron chi connectivity index (χ4n) is 6.05. The average Bonchev–Trinajstić information content (AvgIpc) is 2.92. The van der Waals surface area contributed by atoms with Crippen molar-refractivity contribution in [2.45, 2.75) is 121 Å². The predicted molar refractivity (Wildman–Crippen MR) is 125 cm³/mol. The maximum absolute atomic E-state index is 13.3. The summed E-state index contributed by atoms with van der Waals surface area (Å²) >= 11 is 0. The summed E-state index contributed by atoms with van der Waals surface area (Å²) in [5, 5.41) is 3.76. The largest absolute Gasteiger partial charge is 0.369 e. The molecule has 5 heteroatoms. The monoisotopic (exact) mass is 418 g/mol. The third kappa shape index (κ3) is 6.21. The first-order valence-electron chi connectivity index (χ1n) is 12.9. The van der Waals surface area contributed by atoms with Crippen molar-refractivity contribution in [1.82, 2.24) is 10.2 Å². The lowest BCUT2D eigenvalue weighted by Gasteiger charge is -2.35. The molecule has 0 aromatic rings. The number of rotatable bonds is 9. The molecule has 1 aliphatic heterocycles. The number of hydrogen-bond acceptors (Lipinski definition) is 4. The lowest BCUT2D eigenvalue weighted by atomic mass is 9.74. The van der Waals surface area contributed by atoms with Gasteiger partial charge in [0.25, 0.3) is 5.91 Å². The minimum absolute atomic E-state index is 0.145. The third-order valence-corrected chi connectivity index (χ3v) is 7.94. The van der Waals surface area contributed by atoms with Crippen LogP contribution in [-0.4, -0.2) is 41.9 Å². The number of aliphatic imine (C=N–C) groups is 1. The van der Waals surface area contributed by atoms with Gasteiger partial charge in [-0.3, -0.25) is 9.69 Å². The molecule has 0 radical (unpaired) electrons. The summed E-state index contributed by atoms with van der Waals surface area (Å²) < 4.78 is 0. The first-order chi connectivity index (χ1) is 14.5. The van der Waals surface area contributed by atoms with Gasteiger partial charge in [-0.05, 0) is 56.9 Å². The van der Waals surface area contributed by atoms with E-state index < -0.39 is 5.54 Å². The van der Waals surface area contributed by atoms with Crippen LogP contribution in [0.1, 0.15) is 110 Å². The van der Waals surface area contributed by atoms with E-state index in [-0.39, 0.29) is 5.91 Å². The molecule has 0 aromatic carbocycles. The van der Waals surface area contributed by atoms with Crippen LogP contribution in [-0.2, 0) is 4.79 Å². The van der Waals surface area contributed by atoms with Gasteiger partial charge in [0.05, 0.1) is 0 Å². The second-order valence-electron chi connectivity index (χ2n) is 10.4. The number of likely N-dealkylation sites (N-methyl/N-ethyl adjacent to an activating group) is 1. The van der Waals surface area contributed by atoms with Crippen molar-refractivity contribution in [1.29, 1.82) is 0 Å². The average molecular weight is 419 g/mol. The molecule has 2 unspecified atom stereocenters. The highest BCUT2D eigenvalue weighted by Crippen LogP contribution is 2.40. The molecule has 2 saturated carbocycles. The zero-order valence-corrected chi connectivity index (χ0v) is 19.6. The Kier molecular flexibility index (Phi) is 9.03. The summed E-state index contributed by atoms with van der Waals surface area (Å²) in [7, 11) is 1.80. The van der Waals surface area contributed by atoms with Crippen molar-refractivity contribution < 1.29 is 4.79 Å². The molecule has 2 aliphatic carbocycles. The lowest BCUT2D eigenvalue weighted by molar-refractivity contribution is -0.131. The molecule has 0 spiro atoms. The maximum atomic E-state index is 13.3. The van der Waals surface area contributed by atoms with Crippen molar-refractivity contribution in [2.24, 2.45) is 22.6 Å². The Morgan fingerprint density at radius 3 is 2.43 bits per heavy atom. The standard InChI is InChI=1S/C25H46N4O/c1-3-4-17-27-22-14-10-13-21(18-22)19-25(23(30)29(2)24(26)28-25)16-15-20-11-8-6-5-7-9-12-20/h20-22,27H,3-19H2,1-2H3,(H2,26,28)/t21?,22?,25-/m1/s1. The third-order valence-electron chi connectivity index (χ3n) is 7.94. The van der Waals surface area contributed by atoms with Crippen LogP contribution < -0.4 is 11.1 Å². The van der Waals surface area contributed by atoms with E-state index in [4.69, 9.17) is 10.7 Å². The van der Waals surface area contributed by atoms with Crippen molar-refractivity contribution in [3.63, 3.8) is 0 Å². The molecule has 172 valence electrons. The zero-order valence-electron chi connectivity index (χ0n) is 19.6. The van der Waals surface area contributed by atoms with E-state index in [0.717, 1.165) is 31.7 Å². The highest BCUT2D eigenvalue weighted by atomic mass is 16.2. The summed E-state index contributed by atoms with van der Waals surface area (Å²) in [6.45, 7) is 3.36. The van der Waals surface area contributed by atoms with Gasteiger partial charge in [0.1, 0.15) is 5.54 Å². The topological polar surface area (TPSA) is 70.7 Å². The first-order valence-corrected chi connectivity index (χ1v) is 12.9. The molecule has 3 rings (SSSR count). The summed E-state index contributed by atoms with van der Waals surface area (Å²) in [6, 6.07) is 0.605. The number of guanidine groups is 1. The molecule has 5 nitrogen and oxygen atoms in total. The Morgan fingerprint density at radius 1 is 1.07 bits per heavy atom. The van der Waals surface area contributed by atoms with E-state index in [1.807, 2.05) is 0 Å². The van der Waals surface area contributed by atoms with Crippen LogP contribution >= 0.6 is 0 Å². The number of carbonyl (C=O) groups is 1. The van der Waals surface area contributed by atoms with Crippen LogP contribution in [0.15, 0.2) is 4.99 Å². The molecule has 2 fully saturated rings. The quantitative estimate of drug-likeness (QED) is 0.518. The Morgan fingerprint density at radius 2 is 1.77 bits per heavy atom. The second-order valence-corrected chi connectivity index (χ2v) is 10.4. The van der Waals surface area contributed by atoms with Crippen LogP contribution in [0.25, 0.3) is 0 Å². The molecule has 1 amide bonds. The Bertz CT molecular complexity index is 569. The lowest BCUT2D eigenvalue weighted by Crippen LogP contribution is -2.45. The minimum Gasteiger partial charge on any atom is -0.369 e. The van der Waals surface area contributed by atoms with Crippen molar-refractivity contribution in [3.05, 3.63) is 0 Å². The number of unbranched alkanes of at least 4 members (excludes halogenated alkanes) is 1. The highest BCUT2D eigenvalue weighted by molar-refractivity contribution is 6.06. The van der Waals surface area contributed by atoms with E-state index in [1.165, 1.54) is 83.5 Å². The fraction of sp³-hybridized carbons (Fsp3) is 0.920. The normalized spacial score (nSPS) is 31.5. The van der Waals surface area contributed by atoms with Gasteiger partial charge >= 0.3 is 0 Å². The number of nitrogens with zero attached hydrogens (tertiary/aromatic N) is 2. The van der Waals surface area contributed by atoms with Crippen LogP contribution in [0, 0.1) is 11.8 Å². The number of hydrogen-bond donors (Lipinski definition) is 2. The Balaban J connectivity index is 1.63. The van der Waals surface area contributed by atoms with Gasteiger partial charge in [-0.1, -0.05) is 71.1 Å². The van der Waals surface area contributed by atoms with Crippen LogP contribution in [0.5, 0.6) is 0 Å². The van der Waals surface area contributed by atoms with E-state index in [1.54, 1.807) is 11.9 Å². The number of amides is 1. The smallest absolute Gasteiger partial charge is 0.257 e. The minimum atomic E-state index is -0.600. The SMILES string of the molecule is CCCCNC1CCCC(C[C@@]2(CCC3CCCCCCC3)N=C(N)N(C)C2=O)C1. The predicted octanol–water partition coefficient (Wildman–Crippen LogP) is 4.99. The van der Waals surface area contributed by atoms with Gasteiger partial charge in [-0.2, -0.15) is 0 Å². The van der Waals surface area contributed by atoms with Gasteiger partial charge < -0.3 is 11.1 Å². The van der Waals surface area contributed by atoms with Gasteiger partial charge in [0, 0.05) is 13.1 Å². The van der Waals surface area contributed by atoms with E-state index in [2.05, 4.69) is 12.2 Å². The summed E-state index contributed by atoms with van der Waals surface area (Å²) in [4.78, 5) is 19.8. The molecule has 3 atom stereocenters. The Hall–Kier alpha value is -1.10. The number of nitrogens with one attached hydrogen (secondary N) is 1. The molecule has 3 N–H and O–H groups in total. The fourth-order valence-corrected chi connectivity index (χ4v) is 6.05. The molecule has 1 heterocycles. The molecule has 0 saturated heterocycles. The van der Waals surface area contributed by atoms with Gasteiger partial charge in [-0.15, -0.1) is 0 Å². The maximum Gasteiger partial charge on any atom is 0.257 e. The van der Waals surface area contributed by atoms with Crippen LogP contribution in [0.2, 0.25) is 0 Å². The van der Waals surface area contributed by atoms with Crippen LogP contribution in [0.4, 0.5) is 0 Å². The molecule has 0 aromatic heterocycles.